The summed E-state index contributed by atoms with van der Waals surface area (Å²) >= 11 is 0. The molecule has 1 saturated heterocycles. The number of benzene rings is 1. The van der Waals surface area contributed by atoms with Gasteiger partial charge in [0.05, 0.1) is 28.8 Å². The first kappa shape index (κ1) is 23.0. The average molecular weight is 516 g/mol. The zero-order valence-electron chi connectivity index (χ0n) is 21.1. The maximum absolute atomic E-state index is 12.6. The Morgan fingerprint density at radius 3 is 2.67 bits per heavy atom. The number of rotatable bonds is 5. The number of fused-ring (bicyclic) bond motifs is 2. The van der Waals surface area contributed by atoms with Crippen LogP contribution in [0.4, 0.5) is 11.4 Å². The van der Waals surface area contributed by atoms with E-state index in [0.29, 0.717) is 34.0 Å². The second kappa shape index (κ2) is 9.64. The molecule has 5 aromatic heterocycles. The molecule has 0 aliphatic carbocycles. The molecule has 39 heavy (non-hydrogen) atoms. The van der Waals surface area contributed by atoms with Crippen molar-refractivity contribution in [3.8, 4) is 22.8 Å². The second-order valence-corrected chi connectivity index (χ2v) is 9.61. The van der Waals surface area contributed by atoms with Crippen LogP contribution in [0, 0.1) is 0 Å². The molecule has 6 aromatic rings. The van der Waals surface area contributed by atoms with Gasteiger partial charge < -0.3 is 15.2 Å². The predicted molar refractivity (Wildman–Crippen MR) is 150 cm³/mol. The summed E-state index contributed by atoms with van der Waals surface area (Å²) in [6.07, 6.45) is 8.80. The molecule has 0 saturated carbocycles. The zero-order valence-corrected chi connectivity index (χ0v) is 21.1. The summed E-state index contributed by atoms with van der Waals surface area (Å²) in [4.78, 5) is 37.0. The Morgan fingerprint density at radius 1 is 0.923 bits per heavy atom. The van der Waals surface area contributed by atoms with Gasteiger partial charge in [-0.1, -0.05) is 18.2 Å². The van der Waals surface area contributed by atoms with Crippen LogP contribution in [0.15, 0.2) is 73.2 Å². The lowest BCUT2D eigenvalue weighted by molar-refractivity contribution is 0.102. The van der Waals surface area contributed by atoms with Crippen molar-refractivity contribution in [3.63, 3.8) is 0 Å². The summed E-state index contributed by atoms with van der Waals surface area (Å²) in [6, 6.07) is 16.8. The zero-order chi connectivity index (χ0) is 26.2. The first-order valence-corrected chi connectivity index (χ1v) is 13.0. The summed E-state index contributed by atoms with van der Waals surface area (Å²) in [5.74, 6) is 0.414. The first-order chi connectivity index (χ1) is 19.2. The Kier molecular flexibility index (Phi) is 5.69. The fourth-order valence-electron chi connectivity index (χ4n) is 5.07. The van der Waals surface area contributed by atoms with Crippen LogP contribution in [0.1, 0.15) is 29.6 Å². The maximum atomic E-state index is 12.6. The van der Waals surface area contributed by atoms with E-state index in [2.05, 4.69) is 35.4 Å². The monoisotopic (exact) mass is 515 g/mol. The molecule has 6 heterocycles. The molecule has 0 unspecified atom stereocenters. The largest absolute Gasteiger partial charge is 0.370 e. The van der Waals surface area contributed by atoms with Crippen molar-refractivity contribution in [2.24, 2.45) is 0 Å². The molecule has 1 aliphatic rings. The van der Waals surface area contributed by atoms with Crippen LogP contribution in [0.5, 0.6) is 0 Å². The number of imidazole rings is 1. The summed E-state index contributed by atoms with van der Waals surface area (Å²) in [6.45, 7) is 2.05. The van der Waals surface area contributed by atoms with E-state index in [0.717, 1.165) is 41.0 Å². The lowest BCUT2D eigenvalue weighted by Crippen LogP contribution is -2.29. The van der Waals surface area contributed by atoms with Crippen LogP contribution in [-0.2, 0) is 0 Å². The summed E-state index contributed by atoms with van der Waals surface area (Å²) in [5, 5.41) is 10.5. The van der Waals surface area contributed by atoms with Crippen LogP contribution >= 0.6 is 0 Å². The Hall–Kier alpha value is -5.12. The topological polar surface area (TPSA) is 128 Å². The minimum Gasteiger partial charge on any atom is -0.370 e. The van der Waals surface area contributed by atoms with Crippen LogP contribution in [0.2, 0.25) is 0 Å². The highest BCUT2D eigenvalue weighted by Crippen LogP contribution is 2.31. The number of anilines is 2. The van der Waals surface area contributed by atoms with Gasteiger partial charge in [-0.15, -0.1) is 0 Å². The van der Waals surface area contributed by atoms with Gasteiger partial charge in [-0.05, 0) is 55.7 Å². The number of piperidine rings is 1. The van der Waals surface area contributed by atoms with Crippen molar-refractivity contribution in [3.05, 3.63) is 78.8 Å². The summed E-state index contributed by atoms with van der Waals surface area (Å²) in [7, 11) is 0. The van der Waals surface area contributed by atoms with Crippen LogP contribution in [0.25, 0.3) is 45.0 Å². The smallest absolute Gasteiger partial charge is 0.255 e. The highest BCUT2D eigenvalue weighted by atomic mass is 16.1. The molecule has 192 valence electrons. The summed E-state index contributed by atoms with van der Waals surface area (Å²) in [5.41, 5.74) is 7.40. The van der Waals surface area contributed by atoms with Crippen molar-refractivity contribution in [1.29, 1.82) is 0 Å². The third-order valence-corrected chi connectivity index (χ3v) is 7.02. The minimum atomic E-state index is -0.197. The van der Waals surface area contributed by atoms with Crippen LogP contribution in [-0.4, -0.2) is 54.1 Å². The number of aromatic nitrogens is 7. The number of amides is 1. The number of nitrogens with one attached hydrogen (secondary N) is 3. The number of hydrogen-bond acceptors (Lipinski definition) is 7. The third-order valence-electron chi connectivity index (χ3n) is 7.02. The molecule has 0 atom stereocenters. The minimum absolute atomic E-state index is 0.197. The van der Waals surface area contributed by atoms with Crippen molar-refractivity contribution in [2.45, 2.75) is 19.3 Å². The number of carbonyl (C=O) groups excluding carboxylic acids is 1. The van der Waals surface area contributed by atoms with Crippen molar-refractivity contribution < 1.29 is 4.79 Å². The molecule has 1 fully saturated rings. The normalized spacial score (nSPS) is 13.7. The Morgan fingerprint density at radius 2 is 1.79 bits per heavy atom. The number of H-pyrrole nitrogens is 2. The summed E-state index contributed by atoms with van der Waals surface area (Å²) < 4.78 is 0. The number of hydrogen-bond donors (Lipinski definition) is 3. The van der Waals surface area contributed by atoms with Gasteiger partial charge in [-0.2, -0.15) is 5.10 Å². The quantitative estimate of drug-likeness (QED) is 0.288. The molecule has 10 nitrogen and oxygen atoms in total. The van der Waals surface area contributed by atoms with Gasteiger partial charge in [0.1, 0.15) is 11.0 Å². The third kappa shape index (κ3) is 4.35. The van der Waals surface area contributed by atoms with Gasteiger partial charge in [-0.25, -0.2) is 15.0 Å². The fourth-order valence-corrected chi connectivity index (χ4v) is 5.07. The Bertz CT molecular complexity index is 1800. The molecule has 10 heteroatoms. The van der Waals surface area contributed by atoms with Gasteiger partial charge in [0.15, 0.2) is 17.2 Å². The van der Waals surface area contributed by atoms with Gasteiger partial charge in [-0.3, -0.25) is 14.9 Å². The maximum Gasteiger partial charge on any atom is 0.255 e. The lowest BCUT2D eigenvalue weighted by atomic mass is 10.1. The van der Waals surface area contributed by atoms with E-state index in [-0.39, 0.29) is 5.91 Å². The van der Waals surface area contributed by atoms with E-state index in [1.54, 1.807) is 24.5 Å². The number of aromatic amines is 2. The van der Waals surface area contributed by atoms with E-state index in [9.17, 15) is 4.79 Å². The highest BCUT2D eigenvalue weighted by Gasteiger charge is 2.20. The van der Waals surface area contributed by atoms with E-state index in [4.69, 9.17) is 9.97 Å². The van der Waals surface area contributed by atoms with Gasteiger partial charge in [0, 0.05) is 36.6 Å². The molecule has 0 bridgehead atoms. The van der Waals surface area contributed by atoms with E-state index >= 15 is 0 Å². The number of nitrogens with zero attached hydrogens (tertiary/aromatic N) is 6. The van der Waals surface area contributed by atoms with Crippen molar-refractivity contribution in [2.75, 3.05) is 23.3 Å². The SMILES string of the molecule is O=C(Nc1cncc(-c2ccc3[nH]nc(-c4nc5c(N6CCCCC6)ccnc5[nH]4)c3n2)c1)c1ccccc1. The second-order valence-electron chi connectivity index (χ2n) is 9.61. The standard InChI is InChI=1S/C29H25N9O/c39-29(18-7-3-1-4-8-18)32-20-15-19(16-30-17-20)21-9-10-22-24(33-21)26(37-36-22)28-34-25-23(11-12-31-27(25)35-28)38-13-5-2-6-14-38/h1,3-4,7-12,15-17H,2,5-6,13-14H2,(H,32,39)(H,36,37)(H,31,34,35). The van der Waals surface area contributed by atoms with E-state index < -0.39 is 0 Å². The molecule has 0 spiro atoms. The molecular formula is C29H25N9O. The van der Waals surface area contributed by atoms with Crippen LogP contribution < -0.4 is 10.2 Å². The number of carbonyl (C=O) groups is 1. The van der Waals surface area contributed by atoms with Crippen molar-refractivity contribution in [1.82, 2.24) is 35.1 Å². The Balaban J connectivity index is 1.22. The molecule has 1 aliphatic heterocycles. The number of pyridine rings is 3. The molecule has 3 N–H and O–H groups in total. The van der Waals surface area contributed by atoms with E-state index in [1.165, 1.54) is 19.3 Å². The highest BCUT2D eigenvalue weighted by molar-refractivity contribution is 6.04. The molecular weight excluding hydrogens is 490 g/mol. The van der Waals surface area contributed by atoms with Gasteiger partial charge >= 0.3 is 0 Å². The van der Waals surface area contributed by atoms with E-state index in [1.807, 2.05) is 48.7 Å². The fraction of sp³-hybridized carbons (Fsp3) is 0.172. The van der Waals surface area contributed by atoms with Crippen molar-refractivity contribution >= 4 is 39.5 Å². The van der Waals surface area contributed by atoms with Gasteiger partial charge in [0.25, 0.3) is 5.91 Å². The first-order valence-electron chi connectivity index (χ1n) is 13.0. The Labute approximate surface area is 223 Å². The average Bonchev–Trinajstić information content (AvgIpc) is 3.62. The van der Waals surface area contributed by atoms with Crippen LogP contribution in [0.3, 0.4) is 0 Å². The molecule has 1 aromatic carbocycles. The van der Waals surface area contributed by atoms with Gasteiger partial charge in [0.2, 0.25) is 0 Å². The lowest BCUT2D eigenvalue weighted by Gasteiger charge is -2.28. The predicted octanol–water partition coefficient (Wildman–Crippen LogP) is 5.20. The molecule has 1 amide bonds. The molecule has 7 rings (SSSR count). The molecule has 0 radical (unpaired) electrons.